The highest BCUT2D eigenvalue weighted by molar-refractivity contribution is 7.90. The van der Waals surface area contributed by atoms with Gasteiger partial charge in [0.25, 0.3) is 15.7 Å². The number of piperazine rings is 1. The minimum Gasteiger partial charge on any atom is -0.406 e. The summed E-state index contributed by atoms with van der Waals surface area (Å²) in [5, 5.41) is 0.668. The molecule has 2 N–H and O–H groups in total. The fourth-order valence-electron chi connectivity index (χ4n) is 5.02. The normalized spacial score (nSPS) is 30.7. The molecule has 4 heterocycles. The first-order valence-electron chi connectivity index (χ1n) is 12.9. The zero-order valence-corrected chi connectivity index (χ0v) is 25.4. The molecule has 0 radical (unpaired) electrons. The van der Waals surface area contributed by atoms with Crippen molar-refractivity contribution in [3.8, 4) is 0 Å². The fourth-order valence-corrected chi connectivity index (χ4v) is 7.53. The standard InChI is InChI=1S/C24H41N5O7SSi/c1-16-13-29(22(31)27(6)20(16)30)21-19(35-38(7,8)23(2,3)4)24(17(25)15-37(32,33)36-24)18(34-21)14-28-11-9-26(5)10-12-28/h13,15,18-19,21H,9-12,14,25H2,1-8H3/t18-,19+,21-,24?/m1/s1. The molecule has 0 saturated carbocycles. The second-order valence-electron chi connectivity index (χ2n) is 12.2. The maximum atomic E-state index is 13.4. The van der Waals surface area contributed by atoms with Gasteiger partial charge in [-0.3, -0.25) is 18.8 Å². The number of rotatable bonds is 5. The van der Waals surface area contributed by atoms with Crippen molar-refractivity contribution in [3.63, 3.8) is 0 Å². The first kappa shape index (κ1) is 29.2. The van der Waals surface area contributed by atoms with Crippen LogP contribution in [0.3, 0.4) is 0 Å². The average molecular weight is 572 g/mol. The van der Waals surface area contributed by atoms with Crippen LogP contribution >= 0.6 is 0 Å². The first-order chi connectivity index (χ1) is 17.4. The van der Waals surface area contributed by atoms with Crippen LogP contribution in [0.1, 0.15) is 32.6 Å². The van der Waals surface area contributed by atoms with Crippen LogP contribution in [-0.2, 0) is 30.5 Å². The number of ether oxygens (including phenoxy) is 1. The lowest BCUT2D eigenvalue weighted by atomic mass is 9.88. The van der Waals surface area contributed by atoms with Gasteiger partial charge in [-0.1, -0.05) is 20.8 Å². The zero-order valence-electron chi connectivity index (χ0n) is 23.6. The number of likely N-dealkylation sites (N-methyl/N-ethyl adjacent to an activating group) is 1. The Morgan fingerprint density at radius 2 is 1.76 bits per heavy atom. The van der Waals surface area contributed by atoms with E-state index in [4.69, 9.17) is 19.1 Å². The Balaban J connectivity index is 1.89. The van der Waals surface area contributed by atoms with Crippen molar-refractivity contribution >= 4 is 18.4 Å². The SMILES string of the molecule is Cc1cn([C@@H]2O[C@H](CN3CCN(C)CC3)C3(OS(=O)(=O)C=C3N)[C@H]2O[Si](C)(C)C(C)(C)C)c(=O)n(C)c1=O. The lowest BCUT2D eigenvalue weighted by Gasteiger charge is -2.44. The van der Waals surface area contributed by atoms with E-state index in [1.54, 1.807) is 6.92 Å². The fraction of sp³-hybridized carbons (Fsp3) is 0.750. The van der Waals surface area contributed by atoms with Crippen LogP contribution in [0.4, 0.5) is 0 Å². The molecule has 1 aromatic heterocycles. The van der Waals surface area contributed by atoms with Crippen molar-refractivity contribution in [2.75, 3.05) is 39.8 Å². The van der Waals surface area contributed by atoms with Crippen LogP contribution in [0.15, 0.2) is 26.9 Å². The van der Waals surface area contributed by atoms with E-state index in [1.165, 1.54) is 17.8 Å². The molecule has 3 aliphatic rings. The monoisotopic (exact) mass is 571 g/mol. The number of hydrogen-bond acceptors (Lipinski definition) is 10. The van der Waals surface area contributed by atoms with Gasteiger partial charge in [0.15, 0.2) is 20.1 Å². The molecule has 2 saturated heterocycles. The molecular weight excluding hydrogens is 530 g/mol. The molecule has 0 amide bonds. The van der Waals surface area contributed by atoms with Crippen molar-refractivity contribution in [1.29, 1.82) is 0 Å². The van der Waals surface area contributed by atoms with Gasteiger partial charge in [-0.05, 0) is 32.1 Å². The Kier molecular flexibility index (Phi) is 7.43. The highest BCUT2D eigenvalue weighted by atomic mass is 32.2. The summed E-state index contributed by atoms with van der Waals surface area (Å²) in [6.45, 7) is 15.4. The molecule has 4 rings (SSSR count). The zero-order chi connectivity index (χ0) is 28.4. The van der Waals surface area contributed by atoms with E-state index in [1.807, 2.05) is 20.1 Å². The summed E-state index contributed by atoms with van der Waals surface area (Å²) in [6.07, 6.45) is -1.57. The Morgan fingerprint density at radius 3 is 2.29 bits per heavy atom. The van der Waals surface area contributed by atoms with E-state index in [0.29, 0.717) is 12.1 Å². The van der Waals surface area contributed by atoms with Crippen molar-refractivity contribution in [1.82, 2.24) is 18.9 Å². The molecule has 38 heavy (non-hydrogen) atoms. The van der Waals surface area contributed by atoms with Gasteiger partial charge in [-0.25, -0.2) is 8.98 Å². The summed E-state index contributed by atoms with van der Waals surface area (Å²) in [6, 6.07) is 0. The molecule has 0 bridgehead atoms. The van der Waals surface area contributed by atoms with Crippen LogP contribution in [-0.4, -0.2) is 93.2 Å². The minimum absolute atomic E-state index is 0.0163. The predicted octanol–water partition coefficient (Wildman–Crippen LogP) is 0.290. The van der Waals surface area contributed by atoms with Gasteiger partial charge in [-0.2, -0.15) is 8.42 Å². The van der Waals surface area contributed by atoms with Crippen molar-refractivity contribution in [2.45, 2.75) is 69.9 Å². The summed E-state index contributed by atoms with van der Waals surface area (Å²) >= 11 is 0. The molecule has 0 aromatic carbocycles. The summed E-state index contributed by atoms with van der Waals surface area (Å²) in [5.74, 6) is 0. The summed E-state index contributed by atoms with van der Waals surface area (Å²) in [4.78, 5) is 30.2. The van der Waals surface area contributed by atoms with Gasteiger partial charge in [0.1, 0.15) is 12.2 Å². The first-order valence-corrected chi connectivity index (χ1v) is 17.2. The molecule has 0 aliphatic carbocycles. The molecule has 4 atom stereocenters. The molecule has 3 aliphatic heterocycles. The van der Waals surface area contributed by atoms with Crippen LogP contribution in [0.2, 0.25) is 18.1 Å². The van der Waals surface area contributed by atoms with Gasteiger partial charge in [0, 0.05) is 51.5 Å². The van der Waals surface area contributed by atoms with E-state index in [2.05, 4.69) is 30.6 Å². The second kappa shape index (κ2) is 9.68. The Bertz CT molecular complexity index is 1340. The number of nitrogens with zero attached hydrogens (tertiary/aromatic N) is 4. The maximum absolute atomic E-state index is 13.4. The summed E-state index contributed by atoms with van der Waals surface area (Å²) in [5.41, 5.74) is 4.11. The summed E-state index contributed by atoms with van der Waals surface area (Å²) < 4.78 is 47.3. The van der Waals surface area contributed by atoms with E-state index in [-0.39, 0.29) is 10.7 Å². The highest BCUT2D eigenvalue weighted by Crippen LogP contribution is 2.51. The topological polar surface area (TPSA) is 138 Å². The molecule has 2 fully saturated rings. The van der Waals surface area contributed by atoms with Gasteiger partial charge < -0.3 is 19.8 Å². The maximum Gasteiger partial charge on any atom is 0.332 e. The average Bonchev–Trinajstić information content (AvgIpc) is 3.22. The Labute approximate surface area is 225 Å². The lowest BCUT2D eigenvalue weighted by molar-refractivity contribution is -0.0539. The van der Waals surface area contributed by atoms with Crippen LogP contribution in [0, 0.1) is 6.92 Å². The number of aromatic nitrogens is 2. The van der Waals surface area contributed by atoms with E-state index < -0.39 is 53.7 Å². The van der Waals surface area contributed by atoms with E-state index in [0.717, 1.165) is 36.2 Å². The predicted molar refractivity (Wildman–Crippen MR) is 146 cm³/mol. The van der Waals surface area contributed by atoms with E-state index >= 15 is 0 Å². The van der Waals surface area contributed by atoms with Crippen LogP contribution in [0.25, 0.3) is 0 Å². The molecule has 12 nitrogen and oxygen atoms in total. The quantitative estimate of drug-likeness (QED) is 0.388. The van der Waals surface area contributed by atoms with Crippen molar-refractivity contribution in [3.05, 3.63) is 43.7 Å². The number of nitrogens with two attached hydrogens (primary N) is 1. The van der Waals surface area contributed by atoms with Gasteiger partial charge in [-0.15, -0.1) is 0 Å². The molecule has 1 aromatic rings. The smallest absolute Gasteiger partial charge is 0.332 e. The molecule has 214 valence electrons. The van der Waals surface area contributed by atoms with Crippen molar-refractivity contribution in [2.24, 2.45) is 12.8 Å². The van der Waals surface area contributed by atoms with Gasteiger partial charge in [0.2, 0.25) is 0 Å². The largest absolute Gasteiger partial charge is 0.406 e. The number of aryl methyl sites for hydroxylation is 1. The van der Waals surface area contributed by atoms with Crippen LogP contribution in [0.5, 0.6) is 0 Å². The van der Waals surface area contributed by atoms with Crippen molar-refractivity contribution < 1.29 is 21.8 Å². The highest BCUT2D eigenvalue weighted by Gasteiger charge is 2.67. The molecule has 14 heteroatoms. The summed E-state index contributed by atoms with van der Waals surface area (Å²) in [7, 11) is -3.29. The third kappa shape index (κ3) is 4.95. The van der Waals surface area contributed by atoms with Gasteiger partial charge in [0.05, 0.1) is 11.1 Å². The number of hydrogen-bond donors (Lipinski definition) is 1. The molecule has 1 spiro atoms. The lowest BCUT2D eigenvalue weighted by Crippen LogP contribution is -2.60. The molecule has 1 unspecified atom stereocenters. The molecular formula is C24H41N5O7SSi. The van der Waals surface area contributed by atoms with Gasteiger partial charge >= 0.3 is 5.69 Å². The Morgan fingerprint density at radius 1 is 1.16 bits per heavy atom. The Hall–Kier alpha value is -1.81. The van der Waals surface area contributed by atoms with E-state index in [9.17, 15) is 18.0 Å². The third-order valence-corrected chi connectivity index (χ3v) is 14.0. The van der Waals surface area contributed by atoms with Crippen LogP contribution < -0.4 is 17.0 Å². The third-order valence-electron chi connectivity index (χ3n) is 8.44. The second-order valence-corrected chi connectivity index (χ2v) is 18.4. The minimum atomic E-state index is -4.13.